The van der Waals surface area contributed by atoms with Crippen molar-refractivity contribution in [3.05, 3.63) is 37.1 Å². The Labute approximate surface area is 74.4 Å². The molecule has 0 fully saturated rings. The molecule has 2 nitrogen and oxygen atoms in total. The Balaban J connectivity index is 3.55. The monoisotopic (exact) mass is 164 g/mol. The van der Waals surface area contributed by atoms with Gasteiger partial charge in [0.1, 0.15) is 0 Å². The number of rotatable bonds is 6. The van der Waals surface area contributed by atoms with Gasteiger partial charge >= 0.3 is 0 Å². The van der Waals surface area contributed by atoms with Gasteiger partial charge in [-0.05, 0) is 25.3 Å². The highest BCUT2D eigenvalue weighted by Crippen LogP contribution is 2.05. The Morgan fingerprint density at radius 2 is 2.08 bits per heavy atom. The molecule has 0 heterocycles. The van der Waals surface area contributed by atoms with Gasteiger partial charge in [-0.25, -0.2) is 0 Å². The summed E-state index contributed by atoms with van der Waals surface area (Å²) < 4.78 is 0. The third-order valence-corrected chi connectivity index (χ3v) is 1.35. The Morgan fingerprint density at radius 3 is 2.58 bits per heavy atom. The van der Waals surface area contributed by atoms with Gasteiger partial charge in [0.2, 0.25) is 0 Å². The standard InChI is InChI=1S/C10H16N2/c1-5-6-7-8-11-12-10(4)9(2)3/h5H,1-2,4,6-8H2,3H3. The zero-order valence-corrected chi connectivity index (χ0v) is 7.71. The van der Waals surface area contributed by atoms with Gasteiger partial charge in [0.15, 0.2) is 0 Å². The van der Waals surface area contributed by atoms with Gasteiger partial charge in [-0.15, -0.1) is 6.58 Å². The molecule has 0 aliphatic rings. The van der Waals surface area contributed by atoms with Crippen molar-refractivity contribution in [2.24, 2.45) is 10.2 Å². The first kappa shape index (κ1) is 10.8. The van der Waals surface area contributed by atoms with Gasteiger partial charge in [-0.2, -0.15) is 10.2 Å². The summed E-state index contributed by atoms with van der Waals surface area (Å²) in [4.78, 5) is 0. The minimum atomic E-state index is 0.661. The smallest absolute Gasteiger partial charge is 0.0804 e. The fraction of sp³-hybridized carbons (Fsp3) is 0.400. The van der Waals surface area contributed by atoms with E-state index >= 15 is 0 Å². The predicted octanol–water partition coefficient (Wildman–Crippen LogP) is 3.49. The van der Waals surface area contributed by atoms with E-state index in [-0.39, 0.29) is 0 Å². The SMILES string of the molecule is C=CCCCN=NC(=C)C(=C)C. The van der Waals surface area contributed by atoms with E-state index in [9.17, 15) is 0 Å². The quantitative estimate of drug-likeness (QED) is 0.248. The summed E-state index contributed by atoms with van der Waals surface area (Å²) in [6.07, 6.45) is 3.86. The largest absolute Gasteiger partial charge is 0.189 e. The molecule has 0 N–H and O–H groups in total. The molecule has 0 aliphatic carbocycles. The highest BCUT2D eigenvalue weighted by atomic mass is 15.1. The van der Waals surface area contributed by atoms with Gasteiger partial charge in [0, 0.05) is 0 Å². The first-order valence-corrected chi connectivity index (χ1v) is 4.01. The maximum Gasteiger partial charge on any atom is 0.0804 e. The van der Waals surface area contributed by atoms with Crippen LogP contribution >= 0.6 is 0 Å². The van der Waals surface area contributed by atoms with E-state index in [0.29, 0.717) is 5.70 Å². The maximum atomic E-state index is 3.95. The van der Waals surface area contributed by atoms with Gasteiger partial charge in [-0.1, -0.05) is 19.2 Å². The van der Waals surface area contributed by atoms with Crippen LogP contribution in [0.2, 0.25) is 0 Å². The van der Waals surface area contributed by atoms with E-state index in [1.54, 1.807) is 0 Å². The lowest BCUT2D eigenvalue weighted by molar-refractivity contribution is 0.812. The molecule has 0 radical (unpaired) electrons. The molecule has 66 valence electrons. The number of hydrogen-bond acceptors (Lipinski definition) is 2. The van der Waals surface area contributed by atoms with E-state index < -0.39 is 0 Å². The lowest BCUT2D eigenvalue weighted by Crippen LogP contribution is -1.79. The number of azo groups is 1. The molecule has 0 aliphatic heterocycles. The Kier molecular flexibility index (Phi) is 5.88. The van der Waals surface area contributed by atoms with Crippen molar-refractivity contribution >= 4 is 0 Å². The summed E-state index contributed by atoms with van der Waals surface area (Å²) in [7, 11) is 0. The molecule has 2 heteroatoms. The zero-order chi connectivity index (χ0) is 9.40. The summed E-state index contributed by atoms with van der Waals surface area (Å²) >= 11 is 0. The van der Waals surface area contributed by atoms with Crippen LogP contribution in [0, 0.1) is 0 Å². The lowest BCUT2D eigenvalue weighted by atomic mass is 10.3. The minimum Gasteiger partial charge on any atom is -0.189 e. The first-order chi connectivity index (χ1) is 5.68. The number of unbranched alkanes of at least 4 members (excludes halogenated alkanes) is 1. The van der Waals surface area contributed by atoms with Crippen molar-refractivity contribution in [1.82, 2.24) is 0 Å². The van der Waals surface area contributed by atoms with Crippen LogP contribution in [0.1, 0.15) is 19.8 Å². The first-order valence-electron chi connectivity index (χ1n) is 4.01. The van der Waals surface area contributed by atoms with E-state index in [1.165, 1.54) is 0 Å². The Morgan fingerprint density at radius 1 is 1.42 bits per heavy atom. The van der Waals surface area contributed by atoms with Crippen LogP contribution in [-0.2, 0) is 0 Å². The van der Waals surface area contributed by atoms with Gasteiger partial charge in [-0.3, -0.25) is 0 Å². The van der Waals surface area contributed by atoms with Crippen LogP contribution in [0.4, 0.5) is 0 Å². The second-order valence-electron chi connectivity index (χ2n) is 2.62. The fourth-order valence-electron chi connectivity index (χ4n) is 0.527. The maximum absolute atomic E-state index is 3.95. The fourth-order valence-corrected chi connectivity index (χ4v) is 0.527. The van der Waals surface area contributed by atoms with Crippen molar-refractivity contribution in [3.63, 3.8) is 0 Å². The molecule has 0 aromatic carbocycles. The van der Waals surface area contributed by atoms with Crippen LogP contribution in [0.3, 0.4) is 0 Å². The summed E-state index contributed by atoms with van der Waals surface area (Å²) in [5.74, 6) is 0. The van der Waals surface area contributed by atoms with Crippen LogP contribution in [0.15, 0.2) is 47.3 Å². The number of nitrogens with zero attached hydrogens (tertiary/aromatic N) is 2. The summed E-state index contributed by atoms with van der Waals surface area (Å²) in [5.41, 5.74) is 1.52. The van der Waals surface area contributed by atoms with Crippen molar-refractivity contribution < 1.29 is 0 Å². The second kappa shape index (κ2) is 6.53. The van der Waals surface area contributed by atoms with Gasteiger partial charge < -0.3 is 0 Å². The molecule has 0 atom stereocenters. The molecule has 0 rings (SSSR count). The number of allylic oxidation sites excluding steroid dienone is 2. The normalized spacial score (nSPS) is 10.1. The number of hydrogen-bond donors (Lipinski definition) is 0. The van der Waals surface area contributed by atoms with Crippen LogP contribution in [0.5, 0.6) is 0 Å². The lowest BCUT2D eigenvalue weighted by Gasteiger charge is -1.93. The van der Waals surface area contributed by atoms with Crippen LogP contribution < -0.4 is 0 Å². The highest BCUT2D eigenvalue weighted by Gasteiger charge is 1.88. The molecule has 0 bridgehead atoms. The average molecular weight is 164 g/mol. The average Bonchev–Trinajstić information content (AvgIpc) is 2.03. The second-order valence-corrected chi connectivity index (χ2v) is 2.62. The molecule has 12 heavy (non-hydrogen) atoms. The summed E-state index contributed by atoms with van der Waals surface area (Å²) in [6, 6.07) is 0. The van der Waals surface area contributed by atoms with Crippen molar-refractivity contribution in [2.45, 2.75) is 19.8 Å². The molecular weight excluding hydrogens is 148 g/mol. The molecule has 0 saturated heterocycles. The minimum absolute atomic E-state index is 0.661. The van der Waals surface area contributed by atoms with E-state index in [0.717, 1.165) is 25.0 Å². The molecule has 0 aromatic heterocycles. The molecule has 0 unspecified atom stereocenters. The highest BCUT2D eigenvalue weighted by molar-refractivity contribution is 5.20. The zero-order valence-electron chi connectivity index (χ0n) is 7.71. The van der Waals surface area contributed by atoms with Gasteiger partial charge in [0.05, 0.1) is 12.2 Å². The predicted molar refractivity (Wildman–Crippen MR) is 53.1 cm³/mol. The molecule has 0 amide bonds. The Bertz CT molecular complexity index is 202. The van der Waals surface area contributed by atoms with Crippen molar-refractivity contribution in [1.29, 1.82) is 0 Å². The van der Waals surface area contributed by atoms with Crippen molar-refractivity contribution in [2.75, 3.05) is 6.54 Å². The van der Waals surface area contributed by atoms with Crippen LogP contribution in [0.25, 0.3) is 0 Å². The molecule has 0 aromatic rings. The van der Waals surface area contributed by atoms with Crippen molar-refractivity contribution in [3.8, 4) is 0 Å². The summed E-state index contributed by atoms with van der Waals surface area (Å²) in [6.45, 7) is 13.6. The van der Waals surface area contributed by atoms with Crippen LogP contribution in [-0.4, -0.2) is 6.54 Å². The van der Waals surface area contributed by atoms with E-state index in [1.807, 2.05) is 13.0 Å². The molecule has 0 spiro atoms. The van der Waals surface area contributed by atoms with E-state index in [2.05, 4.69) is 30.0 Å². The third-order valence-electron chi connectivity index (χ3n) is 1.35. The third kappa shape index (κ3) is 5.59. The molecule has 0 saturated carbocycles. The Hall–Kier alpha value is -1.18. The molecular formula is C10H16N2. The van der Waals surface area contributed by atoms with Gasteiger partial charge in [0.25, 0.3) is 0 Å². The van der Waals surface area contributed by atoms with E-state index in [4.69, 9.17) is 0 Å². The summed E-state index contributed by atoms with van der Waals surface area (Å²) in [5, 5.41) is 7.84. The topological polar surface area (TPSA) is 24.7 Å².